The number of anilines is 1. The summed E-state index contributed by atoms with van der Waals surface area (Å²) in [5.41, 5.74) is 1.21. The van der Waals surface area contributed by atoms with Crippen molar-refractivity contribution in [2.45, 2.75) is 13.3 Å². The van der Waals surface area contributed by atoms with Crippen LogP contribution in [-0.4, -0.2) is 18.3 Å². The average Bonchev–Trinajstić information content (AvgIpc) is 2.75. The Balaban J connectivity index is 2.06. The zero-order chi connectivity index (χ0) is 11.4. The maximum absolute atomic E-state index is 8.85. The lowest BCUT2D eigenvalue weighted by atomic mass is 10.1. The Hall–Kier alpha value is -1.06. The van der Waals surface area contributed by atoms with Gasteiger partial charge < -0.3 is 10.4 Å². The molecule has 1 unspecified atom stereocenters. The number of aliphatic hydroxyl groups is 1. The van der Waals surface area contributed by atoms with E-state index in [9.17, 15) is 0 Å². The fraction of sp³-hybridized carbons (Fsp3) is 0.385. The van der Waals surface area contributed by atoms with Crippen LogP contribution in [0.5, 0.6) is 0 Å². The van der Waals surface area contributed by atoms with Gasteiger partial charge >= 0.3 is 0 Å². The van der Waals surface area contributed by atoms with E-state index in [-0.39, 0.29) is 6.61 Å². The molecule has 1 heterocycles. The molecule has 1 aromatic heterocycles. The van der Waals surface area contributed by atoms with Gasteiger partial charge in [-0.25, -0.2) is 0 Å². The first-order valence-corrected chi connectivity index (χ1v) is 6.50. The van der Waals surface area contributed by atoms with Gasteiger partial charge in [-0.2, -0.15) is 0 Å². The maximum atomic E-state index is 8.85. The zero-order valence-corrected chi connectivity index (χ0v) is 10.3. The Kier molecular flexibility index (Phi) is 3.80. The van der Waals surface area contributed by atoms with Crippen LogP contribution in [0.15, 0.2) is 29.6 Å². The first kappa shape index (κ1) is 11.4. The third-order valence-electron chi connectivity index (χ3n) is 2.74. The number of hydrogen-bond acceptors (Lipinski definition) is 3. The number of fused-ring (bicyclic) bond motifs is 1. The van der Waals surface area contributed by atoms with Gasteiger partial charge in [0.1, 0.15) is 0 Å². The minimum atomic E-state index is 0.270. The Morgan fingerprint density at radius 3 is 3.06 bits per heavy atom. The summed E-state index contributed by atoms with van der Waals surface area (Å²) in [7, 11) is 0. The fourth-order valence-corrected chi connectivity index (χ4v) is 2.63. The molecule has 0 aliphatic heterocycles. The second kappa shape index (κ2) is 5.32. The van der Waals surface area contributed by atoms with Crippen LogP contribution in [0.4, 0.5) is 5.69 Å². The van der Waals surface area contributed by atoms with Crippen LogP contribution >= 0.6 is 11.3 Å². The maximum Gasteiger partial charge on any atom is 0.0574 e. The number of rotatable bonds is 5. The lowest BCUT2D eigenvalue weighted by molar-refractivity contribution is 0.266. The van der Waals surface area contributed by atoms with Crippen molar-refractivity contribution < 1.29 is 5.11 Å². The quantitative estimate of drug-likeness (QED) is 0.833. The third kappa shape index (κ3) is 2.54. The van der Waals surface area contributed by atoms with Crippen LogP contribution in [0.1, 0.15) is 13.3 Å². The molecule has 0 radical (unpaired) electrons. The zero-order valence-electron chi connectivity index (χ0n) is 9.44. The average molecular weight is 235 g/mol. The van der Waals surface area contributed by atoms with Crippen LogP contribution in [0.2, 0.25) is 0 Å². The molecule has 16 heavy (non-hydrogen) atoms. The highest BCUT2D eigenvalue weighted by Crippen LogP contribution is 2.28. The summed E-state index contributed by atoms with van der Waals surface area (Å²) < 4.78 is 1.32. The molecule has 2 rings (SSSR count). The molecule has 2 nitrogen and oxygen atoms in total. The number of aliphatic hydroxyl groups excluding tert-OH is 1. The van der Waals surface area contributed by atoms with E-state index in [2.05, 4.69) is 41.9 Å². The van der Waals surface area contributed by atoms with Gasteiger partial charge in [-0.1, -0.05) is 19.1 Å². The molecule has 0 aliphatic carbocycles. The lowest BCUT2D eigenvalue weighted by Crippen LogP contribution is -2.12. The molecule has 0 spiro atoms. The Bertz CT molecular complexity index is 452. The SMILES string of the molecule is CC(CCO)CNc1cccc2ccsc12. The van der Waals surface area contributed by atoms with Crippen LogP contribution < -0.4 is 5.32 Å². The molecule has 0 saturated carbocycles. The molecule has 3 heteroatoms. The van der Waals surface area contributed by atoms with Crippen molar-refractivity contribution in [1.82, 2.24) is 0 Å². The minimum absolute atomic E-state index is 0.270. The van der Waals surface area contributed by atoms with Gasteiger partial charge in [0.2, 0.25) is 0 Å². The van der Waals surface area contributed by atoms with Crippen molar-refractivity contribution in [2.24, 2.45) is 5.92 Å². The summed E-state index contributed by atoms with van der Waals surface area (Å²) in [5.74, 6) is 0.500. The van der Waals surface area contributed by atoms with Crippen molar-refractivity contribution in [3.63, 3.8) is 0 Å². The molecule has 0 bridgehead atoms. The van der Waals surface area contributed by atoms with E-state index in [4.69, 9.17) is 5.11 Å². The molecule has 1 atom stereocenters. The predicted octanol–water partition coefficient (Wildman–Crippen LogP) is 3.33. The van der Waals surface area contributed by atoms with Crippen LogP contribution in [0.3, 0.4) is 0 Å². The molecule has 0 fully saturated rings. The summed E-state index contributed by atoms with van der Waals surface area (Å²) >= 11 is 1.77. The fourth-order valence-electron chi connectivity index (χ4n) is 1.74. The summed E-state index contributed by atoms with van der Waals surface area (Å²) in [6.07, 6.45) is 0.855. The van der Waals surface area contributed by atoms with Crippen molar-refractivity contribution >= 4 is 27.1 Å². The number of hydrogen-bond donors (Lipinski definition) is 2. The molecule has 2 aromatic rings. The highest BCUT2D eigenvalue weighted by atomic mass is 32.1. The molecular formula is C13H17NOS. The van der Waals surface area contributed by atoms with Gasteiger partial charge in [0.05, 0.1) is 10.4 Å². The van der Waals surface area contributed by atoms with E-state index < -0.39 is 0 Å². The van der Waals surface area contributed by atoms with Gasteiger partial charge in [0, 0.05) is 13.2 Å². The molecule has 86 valence electrons. The monoisotopic (exact) mass is 235 g/mol. The molecule has 0 amide bonds. The molecule has 2 N–H and O–H groups in total. The number of thiophene rings is 1. The van der Waals surface area contributed by atoms with Crippen molar-refractivity contribution in [3.8, 4) is 0 Å². The van der Waals surface area contributed by atoms with E-state index in [1.165, 1.54) is 15.8 Å². The van der Waals surface area contributed by atoms with Gasteiger partial charge in [0.15, 0.2) is 0 Å². The van der Waals surface area contributed by atoms with Crippen LogP contribution in [0.25, 0.3) is 10.1 Å². The Morgan fingerprint density at radius 1 is 1.38 bits per heavy atom. The summed E-state index contributed by atoms with van der Waals surface area (Å²) in [4.78, 5) is 0. The Labute approximate surface area is 99.9 Å². The Morgan fingerprint density at radius 2 is 2.25 bits per heavy atom. The van der Waals surface area contributed by atoms with Gasteiger partial charge in [0.25, 0.3) is 0 Å². The highest BCUT2D eigenvalue weighted by molar-refractivity contribution is 7.17. The second-order valence-corrected chi connectivity index (χ2v) is 5.06. The lowest BCUT2D eigenvalue weighted by Gasteiger charge is -2.12. The second-order valence-electron chi connectivity index (χ2n) is 4.14. The first-order valence-electron chi connectivity index (χ1n) is 5.62. The van der Waals surface area contributed by atoms with Gasteiger partial charge in [-0.3, -0.25) is 0 Å². The van der Waals surface area contributed by atoms with E-state index in [0.29, 0.717) is 5.92 Å². The molecule has 0 aliphatic rings. The van der Waals surface area contributed by atoms with E-state index >= 15 is 0 Å². The van der Waals surface area contributed by atoms with Crippen molar-refractivity contribution in [2.75, 3.05) is 18.5 Å². The van der Waals surface area contributed by atoms with Gasteiger partial charge in [-0.15, -0.1) is 11.3 Å². The molecular weight excluding hydrogens is 218 g/mol. The number of nitrogens with one attached hydrogen (secondary N) is 1. The number of benzene rings is 1. The van der Waals surface area contributed by atoms with Crippen LogP contribution in [0, 0.1) is 5.92 Å². The van der Waals surface area contributed by atoms with Crippen molar-refractivity contribution in [3.05, 3.63) is 29.6 Å². The third-order valence-corrected chi connectivity index (χ3v) is 3.71. The van der Waals surface area contributed by atoms with Gasteiger partial charge in [-0.05, 0) is 35.2 Å². The largest absolute Gasteiger partial charge is 0.396 e. The van der Waals surface area contributed by atoms with Crippen LogP contribution in [-0.2, 0) is 0 Å². The van der Waals surface area contributed by atoms with Crippen molar-refractivity contribution in [1.29, 1.82) is 0 Å². The predicted molar refractivity (Wildman–Crippen MR) is 71.2 cm³/mol. The summed E-state index contributed by atoms with van der Waals surface area (Å²) in [5, 5.41) is 15.7. The highest BCUT2D eigenvalue weighted by Gasteiger charge is 2.04. The normalized spacial score (nSPS) is 12.9. The summed E-state index contributed by atoms with van der Waals surface area (Å²) in [6, 6.07) is 8.47. The van der Waals surface area contributed by atoms with E-state index in [0.717, 1.165) is 13.0 Å². The molecule has 1 aromatic carbocycles. The topological polar surface area (TPSA) is 32.3 Å². The summed E-state index contributed by atoms with van der Waals surface area (Å²) in [6.45, 7) is 3.33. The minimum Gasteiger partial charge on any atom is -0.396 e. The first-order chi connectivity index (χ1) is 7.81. The molecule has 0 saturated heterocycles. The van der Waals surface area contributed by atoms with E-state index in [1.54, 1.807) is 11.3 Å². The smallest absolute Gasteiger partial charge is 0.0574 e. The standard InChI is InChI=1S/C13H17NOS/c1-10(5-7-15)9-14-12-4-2-3-11-6-8-16-13(11)12/h2-4,6,8,10,14-15H,5,7,9H2,1H3. The van der Waals surface area contributed by atoms with E-state index in [1.807, 2.05) is 0 Å².